The zero-order valence-electron chi connectivity index (χ0n) is 10.1. The van der Waals surface area contributed by atoms with E-state index in [4.69, 9.17) is 0 Å². The molecule has 0 bridgehead atoms. The van der Waals surface area contributed by atoms with Gasteiger partial charge in [-0.3, -0.25) is 9.59 Å². The summed E-state index contributed by atoms with van der Waals surface area (Å²) in [6.07, 6.45) is 0.914. The van der Waals surface area contributed by atoms with Crippen LogP contribution in [0, 0.1) is 11.7 Å². The topological polar surface area (TPSA) is 49.4 Å². The highest BCUT2D eigenvalue weighted by Gasteiger charge is 2.27. The van der Waals surface area contributed by atoms with Crippen LogP contribution in [-0.4, -0.2) is 25.4 Å². The molecule has 2 rings (SSSR count). The zero-order valence-corrected chi connectivity index (χ0v) is 10.1. The standard InChI is InChI=1S/C13H15FN2O2/c1-16(11-4-2-3-10(14)7-11)13(18)9-5-6-12(17)15-8-9/h2-4,7,9H,5-6,8H2,1H3,(H,15,17). The van der Waals surface area contributed by atoms with Crippen LogP contribution < -0.4 is 10.2 Å². The Labute approximate surface area is 105 Å². The predicted octanol–water partition coefficient (Wildman–Crippen LogP) is 1.31. The number of piperidine rings is 1. The van der Waals surface area contributed by atoms with E-state index in [9.17, 15) is 14.0 Å². The third-order valence-electron chi connectivity index (χ3n) is 3.14. The van der Waals surface area contributed by atoms with Crippen molar-refractivity contribution >= 4 is 17.5 Å². The first-order valence-electron chi connectivity index (χ1n) is 5.88. The number of carbonyl (C=O) groups excluding carboxylic acids is 2. The zero-order chi connectivity index (χ0) is 13.1. The summed E-state index contributed by atoms with van der Waals surface area (Å²) in [4.78, 5) is 24.6. The summed E-state index contributed by atoms with van der Waals surface area (Å²) in [7, 11) is 1.62. The van der Waals surface area contributed by atoms with Gasteiger partial charge in [0.15, 0.2) is 0 Å². The van der Waals surface area contributed by atoms with Crippen LogP contribution >= 0.6 is 0 Å². The molecule has 0 aliphatic carbocycles. The van der Waals surface area contributed by atoms with Crippen LogP contribution in [0.3, 0.4) is 0 Å². The van der Waals surface area contributed by atoms with Crippen molar-refractivity contribution in [3.8, 4) is 0 Å². The first-order valence-corrected chi connectivity index (χ1v) is 5.88. The van der Waals surface area contributed by atoms with Gasteiger partial charge in [0.25, 0.3) is 0 Å². The Bertz CT molecular complexity index is 466. The summed E-state index contributed by atoms with van der Waals surface area (Å²) in [5.41, 5.74) is 0.525. The maximum atomic E-state index is 13.1. The van der Waals surface area contributed by atoms with E-state index in [0.717, 1.165) is 0 Å². The second kappa shape index (κ2) is 5.16. The Morgan fingerprint density at radius 1 is 1.50 bits per heavy atom. The predicted molar refractivity (Wildman–Crippen MR) is 65.5 cm³/mol. The van der Waals surface area contributed by atoms with Gasteiger partial charge in [-0.25, -0.2) is 4.39 Å². The molecule has 1 aliphatic rings. The lowest BCUT2D eigenvalue weighted by Crippen LogP contribution is -2.43. The molecular formula is C13H15FN2O2. The molecule has 1 saturated heterocycles. The second-order valence-corrected chi connectivity index (χ2v) is 4.42. The number of carbonyl (C=O) groups is 2. The first kappa shape index (κ1) is 12.5. The van der Waals surface area contributed by atoms with Crippen molar-refractivity contribution in [3.05, 3.63) is 30.1 Å². The number of rotatable bonds is 2. The lowest BCUT2D eigenvalue weighted by Gasteiger charge is -2.26. The number of nitrogens with zero attached hydrogens (tertiary/aromatic N) is 1. The van der Waals surface area contributed by atoms with Gasteiger partial charge in [0, 0.05) is 25.7 Å². The second-order valence-electron chi connectivity index (χ2n) is 4.42. The van der Waals surface area contributed by atoms with E-state index in [-0.39, 0.29) is 23.5 Å². The summed E-state index contributed by atoms with van der Waals surface area (Å²) in [6, 6.07) is 5.90. The fraction of sp³-hybridized carbons (Fsp3) is 0.385. The Kier molecular flexibility index (Phi) is 3.60. The fourth-order valence-corrected chi connectivity index (χ4v) is 2.03. The Morgan fingerprint density at radius 3 is 2.89 bits per heavy atom. The molecule has 96 valence electrons. The van der Waals surface area contributed by atoms with Crippen molar-refractivity contribution < 1.29 is 14.0 Å². The van der Waals surface area contributed by atoms with E-state index >= 15 is 0 Å². The molecule has 0 saturated carbocycles. The molecule has 1 aromatic rings. The van der Waals surface area contributed by atoms with Crippen LogP contribution in [0.15, 0.2) is 24.3 Å². The van der Waals surface area contributed by atoms with Crippen molar-refractivity contribution in [2.75, 3.05) is 18.5 Å². The highest BCUT2D eigenvalue weighted by molar-refractivity contribution is 5.95. The van der Waals surface area contributed by atoms with Crippen LogP contribution in [0.1, 0.15) is 12.8 Å². The lowest BCUT2D eigenvalue weighted by molar-refractivity contribution is -0.127. The number of benzene rings is 1. The third kappa shape index (κ3) is 2.67. The van der Waals surface area contributed by atoms with Crippen LogP contribution in [0.5, 0.6) is 0 Å². The molecule has 0 spiro atoms. The summed E-state index contributed by atoms with van der Waals surface area (Å²) in [5.74, 6) is -0.715. The molecule has 1 atom stereocenters. The average molecular weight is 250 g/mol. The summed E-state index contributed by atoms with van der Waals surface area (Å²) < 4.78 is 13.1. The molecule has 5 heteroatoms. The molecule has 1 N–H and O–H groups in total. The molecule has 0 aromatic heterocycles. The van der Waals surface area contributed by atoms with Crippen LogP contribution in [-0.2, 0) is 9.59 Å². The average Bonchev–Trinajstić information content (AvgIpc) is 2.38. The molecular weight excluding hydrogens is 235 g/mol. The van der Waals surface area contributed by atoms with Crippen LogP contribution in [0.25, 0.3) is 0 Å². The number of hydrogen-bond donors (Lipinski definition) is 1. The molecule has 1 aliphatic heterocycles. The quantitative estimate of drug-likeness (QED) is 0.860. The highest BCUT2D eigenvalue weighted by Crippen LogP contribution is 2.19. The van der Waals surface area contributed by atoms with Gasteiger partial charge in [0.1, 0.15) is 5.82 Å². The van der Waals surface area contributed by atoms with Gasteiger partial charge in [0.2, 0.25) is 11.8 Å². The molecule has 18 heavy (non-hydrogen) atoms. The van der Waals surface area contributed by atoms with Gasteiger partial charge in [0.05, 0.1) is 5.92 Å². The summed E-state index contributed by atoms with van der Waals surface area (Å²) in [6.45, 7) is 0.358. The van der Waals surface area contributed by atoms with Gasteiger partial charge in [-0.15, -0.1) is 0 Å². The highest BCUT2D eigenvalue weighted by atomic mass is 19.1. The van der Waals surface area contributed by atoms with Gasteiger partial charge in [-0.05, 0) is 24.6 Å². The Morgan fingerprint density at radius 2 is 2.28 bits per heavy atom. The number of amides is 2. The molecule has 1 heterocycles. The first-order chi connectivity index (χ1) is 8.58. The van der Waals surface area contributed by atoms with E-state index in [1.165, 1.54) is 17.0 Å². The number of nitrogens with one attached hydrogen (secondary N) is 1. The smallest absolute Gasteiger partial charge is 0.231 e. The van der Waals surface area contributed by atoms with E-state index in [1.54, 1.807) is 19.2 Å². The number of hydrogen-bond acceptors (Lipinski definition) is 2. The molecule has 0 radical (unpaired) electrons. The minimum atomic E-state index is -0.371. The fourth-order valence-electron chi connectivity index (χ4n) is 2.03. The lowest BCUT2D eigenvalue weighted by atomic mass is 9.97. The maximum Gasteiger partial charge on any atom is 0.231 e. The molecule has 4 nitrogen and oxygen atoms in total. The maximum absolute atomic E-state index is 13.1. The Balaban J connectivity index is 2.07. The minimum Gasteiger partial charge on any atom is -0.355 e. The number of anilines is 1. The van der Waals surface area contributed by atoms with E-state index in [2.05, 4.69) is 5.32 Å². The monoisotopic (exact) mass is 250 g/mol. The molecule has 2 amide bonds. The minimum absolute atomic E-state index is 0.0209. The molecule has 1 aromatic carbocycles. The van der Waals surface area contributed by atoms with E-state index in [1.807, 2.05) is 0 Å². The van der Waals surface area contributed by atoms with E-state index < -0.39 is 0 Å². The van der Waals surface area contributed by atoms with Crippen molar-refractivity contribution in [1.29, 1.82) is 0 Å². The Hall–Kier alpha value is -1.91. The van der Waals surface area contributed by atoms with Gasteiger partial charge < -0.3 is 10.2 Å². The summed E-state index contributed by atoms with van der Waals surface area (Å²) >= 11 is 0. The number of halogens is 1. The van der Waals surface area contributed by atoms with Gasteiger partial charge in [-0.1, -0.05) is 6.07 Å². The molecule has 1 fully saturated rings. The van der Waals surface area contributed by atoms with Crippen LogP contribution in [0.4, 0.5) is 10.1 Å². The van der Waals surface area contributed by atoms with Crippen LogP contribution in [0.2, 0.25) is 0 Å². The van der Waals surface area contributed by atoms with Crippen molar-refractivity contribution in [3.63, 3.8) is 0 Å². The van der Waals surface area contributed by atoms with Gasteiger partial charge in [-0.2, -0.15) is 0 Å². The third-order valence-corrected chi connectivity index (χ3v) is 3.14. The van der Waals surface area contributed by atoms with Crippen molar-refractivity contribution in [2.45, 2.75) is 12.8 Å². The van der Waals surface area contributed by atoms with Crippen molar-refractivity contribution in [1.82, 2.24) is 5.32 Å². The SMILES string of the molecule is CN(C(=O)C1CCC(=O)NC1)c1cccc(F)c1. The normalized spacial score (nSPS) is 19.2. The largest absolute Gasteiger partial charge is 0.355 e. The van der Waals surface area contributed by atoms with Crippen molar-refractivity contribution in [2.24, 2.45) is 5.92 Å². The van der Waals surface area contributed by atoms with E-state index in [0.29, 0.717) is 25.1 Å². The van der Waals surface area contributed by atoms with Gasteiger partial charge >= 0.3 is 0 Å². The molecule has 1 unspecified atom stereocenters. The summed E-state index contributed by atoms with van der Waals surface area (Å²) in [5, 5.41) is 2.67.